The molecule has 0 aromatic heterocycles. The maximum Gasteiger partial charge on any atom is 0.238 e. The minimum Gasteiger partial charge on any atom is -0.504 e. The van der Waals surface area contributed by atoms with Crippen molar-refractivity contribution in [2.75, 3.05) is 12.0 Å². The first kappa shape index (κ1) is 30.5. The third-order valence-electron chi connectivity index (χ3n) is 9.36. The average Bonchev–Trinajstić information content (AvgIpc) is 3.33. The van der Waals surface area contributed by atoms with E-state index in [0.29, 0.717) is 37.1 Å². The summed E-state index contributed by atoms with van der Waals surface area (Å²) in [5, 5.41) is 10.5. The molecule has 1 aliphatic heterocycles. The van der Waals surface area contributed by atoms with Crippen LogP contribution in [0.3, 0.4) is 0 Å². The number of hydrogen-bond donors (Lipinski definition) is 1. The summed E-state index contributed by atoms with van der Waals surface area (Å²) in [6, 6.07) is 18.7. The number of carbonyl (C=O) groups is 5. The van der Waals surface area contributed by atoms with Gasteiger partial charge in [-0.3, -0.25) is 28.9 Å². The van der Waals surface area contributed by atoms with Crippen LogP contribution in [0, 0.1) is 21.3 Å². The molecule has 4 atom stereocenters. The molecule has 1 fully saturated rings. The highest BCUT2D eigenvalue weighted by Crippen LogP contribution is 2.56. The molecule has 1 N–H and O–H groups in total. The maximum absolute atomic E-state index is 14.2. The zero-order valence-corrected chi connectivity index (χ0v) is 28.1. The topological polar surface area (TPSA) is 118 Å². The van der Waals surface area contributed by atoms with E-state index >= 15 is 0 Å². The second-order valence-electron chi connectivity index (χ2n) is 11.7. The van der Waals surface area contributed by atoms with E-state index < -0.39 is 23.7 Å². The Morgan fingerprint density at radius 3 is 2.35 bits per heavy atom. The Kier molecular flexibility index (Phi) is 7.67. The van der Waals surface area contributed by atoms with Crippen molar-refractivity contribution in [2.45, 2.75) is 18.8 Å². The Labute approximate surface area is 286 Å². The van der Waals surface area contributed by atoms with Crippen LogP contribution >= 0.6 is 38.5 Å². The van der Waals surface area contributed by atoms with Crippen LogP contribution in [0.5, 0.6) is 11.5 Å². The first-order valence-corrected chi connectivity index (χ1v) is 16.5. The summed E-state index contributed by atoms with van der Waals surface area (Å²) < 4.78 is 6.07. The lowest BCUT2D eigenvalue weighted by molar-refractivity contribution is -0.123. The van der Waals surface area contributed by atoms with Crippen LogP contribution in [0.1, 0.15) is 40.2 Å². The van der Waals surface area contributed by atoms with Gasteiger partial charge in [-0.15, -0.1) is 0 Å². The summed E-state index contributed by atoms with van der Waals surface area (Å²) in [6.45, 7) is 0. The Morgan fingerprint density at radius 2 is 1.65 bits per heavy atom. The molecule has 10 heteroatoms. The van der Waals surface area contributed by atoms with Gasteiger partial charge < -0.3 is 9.84 Å². The summed E-state index contributed by atoms with van der Waals surface area (Å²) in [4.78, 5) is 69.2. The van der Waals surface area contributed by atoms with Gasteiger partial charge in [-0.25, -0.2) is 0 Å². The third-order valence-corrected chi connectivity index (χ3v) is 10.8. The molecule has 8 nitrogen and oxygen atoms in total. The third kappa shape index (κ3) is 4.72. The first-order valence-electron chi connectivity index (χ1n) is 14.6. The van der Waals surface area contributed by atoms with Gasteiger partial charge >= 0.3 is 0 Å². The monoisotopic (exact) mass is 789 g/mol. The second kappa shape index (κ2) is 11.6. The molecule has 0 radical (unpaired) electrons. The summed E-state index contributed by atoms with van der Waals surface area (Å²) in [6.07, 6.45) is 3.64. The Bertz CT molecular complexity index is 1980. The molecule has 1 saturated heterocycles. The van der Waals surface area contributed by atoms with E-state index in [0.717, 1.165) is 5.57 Å². The van der Waals surface area contributed by atoms with Crippen molar-refractivity contribution < 1.29 is 33.8 Å². The van der Waals surface area contributed by atoms with Crippen molar-refractivity contribution >= 4 is 73.4 Å². The van der Waals surface area contributed by atoms with Gasteiger partial charge in [0.1, 0.15) is 0 Å². The highest BCUT2D eigenvalue weighted by molar-refractivity contribution is 14.1. The predicted molar refractivity (Wildman–Crippen MR) is 181 cm³/mol. The van der Waals surface area contributed by atoms with Crippen LogP contribution in [0.25, 0.3) is 0 Å². The molecule has 0 spiro atoms. The molecule has 0 unspecified atom stereocenters. The van der Waals surface area contributed by atoms with Crippen LogP contribution < -0.4 is 9.64 Å². The highest BCUT2D eigenvalue weighted by Gasteiger charge is 2.56. The standard InChI is InChI=1S/C36H25BrINO7/c1-46-28-14-19(13-26(38)34(28)43)29-21-11-12-22-30(23(21)15-24-31(29)27(40)16-25(37)33(24)42)36(45)39(35(22)44)20-9-7-18(8-10-20)32(41)17-5-3-2-4-6-17/h2-11,13-14,16,22-23,29-30,43H,12,15H2,1H3/t22-,23+,29-,30-/m0/s1. The summed E-state index contributed by atoms with van der Waals surface area (Å²) in [5.41, 5.74) is 3.43. The average molecular weight is 790 g/mol. The zero-order valence-electron chi connectivity index (χ0n) is 24.3. The lowest BCUT2D eigenvalue weighted by Crippen LogP contribution is -2.39. The second-order valence-corrected chi connectivity index (χ2v) is 13.7. The number of anilines is 1. The quantitative estimate of drug-likeness (QED) is 0.108. The first-order chi connectivity index (χ1) is 22.1. The number of phenolic OH excluding ortho intramolecular Hbond substituents is 1. The number of benzene rings is 3. The highest BCUT2D eigenvalue weighted by atomic mass is 127. The van der Waals surface area contributed by atoms with Crippen molar-refractivity contribution in [1.82, 2.24) is 0 Å². The number of nitrogens with zero attached hydrogens (tertiary/aromatic N) is 1. The van der Waals surface area contributed by atoms with Gasteiger partial charge in [0.2, 0.25) is 11.8 Å². The van der Waals surface area contributed by atoms with Crippen LogP contribution in [-0.2, 0) is 19.2 Å². The van der Waals surface area contributed by atoms with Crippen LogP contribution in [0.2, 0.25) is 0 Å². The van der Waals surface area contributed by atoms with Crippen molar-refractivity contribution in [3.05, 3.63) is 120 Å². The molecule has 3 aromatic rings. The van der Waals surface area contributed by atoms with Gasteiger partial charge in [0.05, 0.1) is 32.7 Å². The fourth-order valence-electron chi connectivity index (χ4n) is 7.27. The molecule has 1 heterocycles. The summed E-state index contributed by atoms with van der Waals surface area (Å²) in [5.74, 6) is -3.92. The largest absolute Gasteiger partial charge is 0.504 e. The number of ketones is 3. The molecular weight excluding hydrogens is 765 g/mol. The van der Waals surface area contributed by atoms with Crippen molar-refractivity contribution in [3.63, 3.8) is 0 Å². The van der Waals surface area contributed by atoms with E-state index in [4.69, 9.17) is 4.74 Å². The van der Waals surface area contributed by atoms with Crippen molar-refractivity contribution in [1.29, 1.82) is 0 Å². The molecule has 7 rings (SSSR count). The SMILES string of the molecule is COc1cc([C@H]2C3=CC[C@@H]4C(=O)N(c5ccc(C(=O)c6ccccc6)cc5)C(=O)[C@@H]4[C@@H]3CC3=C2C(=O)C=C(Br)C3=O)cc(I)c1O. The molecule has 0 saturated carbocycles. The minimum atomic E-state index is -0.750. The Hall–Kier alpha value is -4.16. The van der Waals surface area contributed by atoms with E-state index in [-0.39, 0.29) is 58.0 Å². The number of imide groups is 1. The summed E-state index contributed by atoms with van der Waals surface area (Å²) in [7, 11) is 1.43. The number of allylic oxidation sites excluding steroid dienone is 6. The van der Waals surface area contributed by atoms with Gasteiger partial charge in [-0.05, 0) is 99.2 Å². The molecule has 2 amide bonds. The van der Waals surface area contributed by atoms with Gasteiger partial charge in [0.15, 0.2) is 28.8 Å². The number of fused-ring (bicyclic) bond motifs is 3. The molecule has 3 aliphatic carbocycles. The molecule has 0 bridgehead atoms. The number of phenols is 1. The molecule has 4 aliphatic rings. The van der Waals surface area contributed by atoms with Gasteiger partial charge in [0.25, 0.3) is 0 Å². The normalized spacial score (nSPS) is 23.8. The van der Waals surface area contributed by atoms with E-state index in [9.17, 15) is 29.1 Å². The maximum atomic E-state index is 14.2. The number of methoxy groups -OCH3 is 1. The Balaban J connectivity index is 1.28. The number of rotatable bonds is 5. The molecule has 230 valence electrons. The number of aromatic hydroxyl groups is 1. The lowest BCUT2D eigenvalue weighted by atomic mass is 9.59. The molecule has 46 heavy (non-hydrogen) atoms. The van der Waals surface area contributed by atoms with E-state index in [1.807, 2.05) is 34.7 Å². The fraction of sp³-hybridized carbons (Fsp3) is 0.194. The fourth-order valence-corrected chi connectivity index (χ4v) is 8.35. The van der Waals surface area contributed by atoms with E-state index in [2.05, 4.69) is 15.9 Å². The molecule has 3 aromatic carbocycles. The minimum absolute atomic E-state index is 0.0384. The Morgan fingerprint density at radius 1 is 0.957 bits per heavy atom. The number of hydrogen-bond acceptors (Lipinski definition) is 7. The predicted octanol–water partition coefficient (Wildman–Crippen LogP) is 6.20. The van der Waals surface area contributed by atoms with Crippen LogP contribution in [-0.4, -0.2) is 41.4 Å². The number of halogens is 2. The van der Waals surface area contributed by atoms with E-state index in [1.54, 1.807) is 60.7 Å². The number of amides is 2. The number of ether oxygens (including phenoxy) is 1. The van der Waals surface area contributed by atoms with Gasteiger partial charge in [-0.2, -0.15) is 0 Å². The number of Topliss-reactive ketones (excluding diaryl/α,β-unsaturated/α-hetero) is 1. The van der Waals surface area contributed by atoms with Crippen molar-refractivity contribution in [2.24, 2.45) is 17.8 Å². The summed E-state index contributed by atoms with van der Waals surface area (Å²) >= 11 is 5.24. The van der Waals surface area contributed by atoms with Crippen LogP contribution in [0.15, 0.2) is 100 Å². The molecular formula is C36H25BrINO7. The van der Waals surface area contributed by atoms with Crippen molar-refractivity contribution in [3.8, 4) is 11.5 Å². The van der Waals surface area contributed by atoms with E-state index in [1.165, 1.54) is 18.1 Å². The zero-order chi connectivity index (χ0) is 32.4. The number of carbonyl (C=O) groups excluding carboxylic acids is 5. The smallest absolute Gasteiger partial charge is 0.238 e. The van der Waals surface area contributed by atoms with Gasteiger partial charge in [-0.1, -0.05) is 42.0 Å². The van der Waals surface area contributed by atoms with Gasteiger partial charge in [0, 0.05) is 34.3 Å². The lowest BCUT2D eigenvalue weighted by Gasteiger charge is -2.42. The van der Waals surface area contributed by atoms with Crippen LogP contribution in [0.4, 0.5) is 5.69 Å².